The van der Waals surface area contributed by atoms with E-state index in [0.29, 0.717) is 16.7 Å². The van der Waals surface area contributed by atoms with Gasteiger partial charge in [-0.3, -0.25) is 9.36 Å². The molecule has 0 bridgehead atoms. The molecule has 0 spiro atoms. The van der Waals surface area contributed by atoms with E-state index >= 15 is 0 Å². The van der Waals surface area contributed by atoms with E-state index in [4.69, 9.17) is 10.3 Å². The van der Waals surface area contributed by atoms with Gasteiger partial charge in [0.05, 0.1) is 10.6 Å². The van der Waals surface area contributed by atoms with Crippen LogP contribution in [0.1, 0.15) is 11.5 Å². The number of amides is 1. The first-order valence-corrected chi connectivity index (χ1v) is 8.30. The van der Waals surface area contributed by atoms with Crippen LogP contribution in [0.4, 0.5) is 0 Å². The summed E-state index contributed by atoms with van der Waals surface area (Å²) < 4.78 is 6.76. The lowest BCUT2D eigenvalue weighted by Gasteiger charge is -2.06. The molecule has 3 heterocycles. The topological polar surface area (TPSA) is 99.8 Å². The van der Waals surface area contributed by atoms with E-state index in [1.165, 1.54) is 23.1 Å². The Morgan fingerprint density at radius 3 is 3.00 bits per heavy atom. The molecule has 3 aromatic heterocycles. The molecule has 0 aliphatic rings. The third kappa shape index (κ3) is 3.20. The van der Waals surface area contributed by atoms with Crippen molar-refractivity contribution < 1.29 is 9.32 Å². The number of carbonyl (C=O) groups excluding carboxylic acids is 1. The second kappa shape index (κ2) is 6.32. The average Bonchev–Trinajstić information content (AvgIpc) is 3.17. The summed E-state index contributed by atoms with van der Waals surface area (Å²) in [6.07, 6.45) is 0. The Morgan fingerprint density at radius 2 is 2.36 bits per heavy atom. The van der Waals surface area contributed by atoms with Crippen molar-refractivity contribution in [3.8, 4) is 10.7 Å². The second-order valence-corrected chi connectivity index (χ2v) is 6.44. The molecule has 0 aliphatic carbocycles. The summed E-state index contributed by atoms with van der Waals surface area (Å²) in [5, 5.41) is 14.9. The first kappa shape index (κ1) is 14.8. The summed E-state index contributed by atoms with van der Waals surface area (Å²) in [4.78, 5) is 12.3. The molecule has 22 heavy (non-hydrogen) atoms. The van der Waals surface area contributed by atoms with Gasteiger partial charge in [-0.1, -0.05) is 23.0 Å². The molecule has 1 amide bonds. The van der Waals surface area contributed by atoms with Crippen molar-refractivity contribution in [1.29, 1.82) is 0 Å². The van der Waals surface area contributed by atoms with E-state index in [0.717, 1.165) is 16.3 Å². The molecular weight excluding hydrogens is 322 g/mol. The first-order valence-electron chi connectivity index (χ1n) is 6.44. The third-order valence-corrected chi connectivity index (χ3v) is 4.66. The number of thiophene rings is 1. The monoisotopic (exact) mass is 335 g/mol. The third-order valence-electron chi connectivity index (χ3n) is 2.80. The van der Waals surface area contributed by atoms with Crippen molar-refractivity contribution in [2.24, 2.45) is 5.73 Å². The number of nitrogens with zero attached hydrogens (tertiary/aromatic N) is 4. The van der Waals surface area contributed by atoms with E-state index in [2.05, 4.69) is 15.4 Å². The normalized spacial score (nSPS) is 11.0. The van der Waals surface area contributed by atoms with Crippen molar-refractivity contribution in [3.63, 3.8) is 0 Å². The van der Waals surface area contributed by atoms with Gasteiger partial charge in [-0.05, 0) is 18.4 Å². The van der Waals surface area contributed by atoms with E-state index in [1.807, 2.05) is 30.5 Å². The lowest BCUT2D eigenvalue weighted by Crippen LogP contribution is -2.19. The van der Waals surface area contributed by atoms with Crippen LogP contribution in [0.2, 0.25) is 0 Å². The van der Waals surface area contributed by atoms with Gasteiger partial charge in [-0.2, -0.15) is 0 Å². The maximum absolute atomic E-state index is 11.3. The highest BCUT2D eigenvalue weighted by molar-refractivity contribution is 7.98. The van der Waals surface area contributed by atoms with E-state index in [1.54, 1.807) is 4.57 Å². The van der Waals surface area contributed by atoms with Crippen molar-refractivity contribution in [1.82, 2.24) is 19.9 Å². The molecule has 0 unspecified atom stereocenters. The fourth-order valence-corrected chi connectivity index (χ4v) is 3.44. The molecule has 3 rings (SSSR count). The zero-order valence-corrected chi connectivity index (χ0v) is 13.4. The van der Waals surface area contributed by atoms with Crippen LogP contribution in [0.25, 0.3) is 10.7 Å². The highest BCUT2D eigenvalue weighted by Crippen LogP contribution is 2.28. The van der Waals surface area contributed by atoms with Gasteiger partial charge >= 0.3 is 0 Å². The van der Waals surface area contributed by atoms with Crippen LogP contribution >= 0.6 is 23.1 Å². The molecule has 0 radical (unpaired) electrons. The zero-order chi connectivity index (χ0) is 15.5. The highest BCUT2D eigenvalue weighted by Gasteiger charge is 2.17. The standard InChI is InChI=1S/C13H13N5O2S2/c1-8-5-9(17-20-8)7-22-13-16-15-12(10-3-2-4-21-10)18(13)6-11(14)19/h2-5H,6-7H2,1H3,(H2,14,19). The minimum absolute atomic E-state index is 0.0421. The van der Waals surface area contributed by atoms with Crippen molar-refractivity contribution >= 4 is 29.0 Å². The number of hydrogen-bond acceptors (Lipinski definition) is 7. The van der Waals surface area contributed by atoms with E-state index in [9.17, 15) is 4.79 Å². The van der Waals surface area contributed by atoms with E-state index < -0.39 is 5.91 Å². The van der Waals surface area contributed by atoms with Gasteiger partial charge in [0, 0.05) is 11.8 Å². The predicted molar refractivity (Wildman–Crippen MR) is 83.3 cm³/mol. The van der Waals surface area contributed by atoms with Crippen LogP contribution < -0.4 is 5.73 Å². The maximum Gasteiger partial charge on any atom is 0.237 e. The Kier molecular flexibility index (Phi) is 4.25. The number of thioether (sulfide) groups is 1. The van der Waals surface area contributed by atoms with Crippen LogP contribution in [0.15, 0.2) is 33.3 Å². The van der Waals surface area contributed by atoms with E-state index in [-0.39, 0.29) is 6.54 Å². The molecule has 0 aromatic carbocycles. The second-order valence-electron chi connectivity index (χ2n) is 4.55. The van der Waals surface area contributed by atoms with Crippen LogP contribution in [0.5, 0.6) is 0 Å². The Hall–Kier alpha value is -2.13. The van der Waals surface area contributed by atoms with Crippen LogP contribution in [0, 0.1) is 6.92 Å². The average molecular weight is 335 g/mol. The molecule has 9 heteroatoms. The molecule has 0 fully saturated rings. The molecule has 0 aliphatic heterocycles. The Bertz CT molecular complexity index is 778. The largest absolute Gasteiger partial charge is 0.368 e. The number of aromatic nitrogens is 4. The molecule has 0 saturated heterocycles. The predicted octanol–water partition coefficient (Wildman–Crippen LogP) is 2.08. The lowest BCUT2D eigenvalue weighted by molar-refractivity contribution is -0.118. The molecule has 7 nitrogen and oxygen atoms in total. The smallest absolute Gasteiger partial charge is 0.237 e. The van der Waals surface area contributed by atoms with Gasteiger partial charge in [0.1, 0.15) is 12.3 Å². The Labute approximate surface area is 134 Å². The molecule has 114 valence electrons. The molecule has 2 N–H and O–H groups in total. The van der Waals surface area contributed by atoms with Gasteiger partial charge in [-0.15, -0.1) is 21.5 Å². The molecule has 0 saturated carbocycles. The van der Waals surface area contributed by atoms with Gasteiger partial charge < -0.3 is 10.3 Å². The number of hydrogen-bond donors (Lipinski definition) is 1. The number of primary amides is 1. The summed E-state index contributed by atoms with van der Waals surface area (Å²) in [7, 11) is 0. The molecule has 3 aromatic rings. The minimum atomic E-state index is -0.434. The number of carbonyl (C=O) groups is 1. The summed E-state index contributed by atoms with van der Waals surface area (Å²) in [6, 6.07) is 5.72. The van der Waals surface area contributed by atoms with Crippen molar-refractivity contribution in [2.45, 2.75) is 24.4 Å². The SMILES string of the molecule is Cc1cc(CSc2nnc(-c3cccs3)n2CC(N)=O)no1. The van der Waals surface area contributed by atoms with Gasteiger partial charge in [0.15, 0.2) is 11.0 Å². The van der Waals surface area contributed by atoms with Crippen LogP contribution in [-0.2, 0) is 17.1 Å². The first-order chi connectivity index (χ1) is 10.6. The summed E-state index contributed by atoms with van der Waals surface area (Å²) in [5.41, 5.74) is 6.15. The minimum Gasteiger partial charge on any atom is -0.368 e. The molecule has 0 atom stereocenters. The molecular formula is C13H13N5O2S2. The number of nitrogens with two attached hydrogens (primary N) is 1. The van der Waals surface area contributed by atoms with Crippen molar-refractivity contribution in [3.05, 3.63) is 35.0 Å². The zero-order valence-electron chi connectivity index (χ0n) is 11.7. The summed E-state index contributed by atoms with van der Waals surface area (Å²) >= 11 is 2.97. The summed E-state index contributed by atoms with van der Waals surface area (Å²) in [6.45, 7) is 1.88. The fraction of sp³-hybridized carbons (Fsp3) is 0.231. The van der Waals surface area contributed by atoms with Gasteiger partial charge in [0.25, 0.3) is 0 Å². The maximum atomic E-state index is 11.3. The van der Waals surface area contributed by atoms with Gasteiger partial charge in [0.2, 0.25) is 5.91 Å². The summed E-state index contributed by atoms with van der Waals surface area (Å²) in [5.74, 6) is 1.55. The van der Waals surface area contributed by atoms with Crippen molar-refractivity contribution in [2.75, 3.05) is 0 Å². The highest BCUT2D eigenvalue weighted by atomic mass is 32.2. The van der Waals surface area contributed by atoms with Crippen LogP contribution in [-0.4, -0.2) is 25.8 Å². The lowest BCUT2D eigenvalue weighted by atomic mass is 10.4. The number of aryl methyl sites for hydroxylation is 1. The quantitative estimate of drug-likeness (QED) is 0.692. The fourth-order valence-electron chi connectivity index (χ4n) is 1.91. The Balaban J connectivity index is 1.85. The van der Waals surface area contributed by atoms with Crippen LogP contribution in [0.3, 0.4) is 0 Å². The van der Waals surface area contributed by atoms with Gasteiger partial charge in [-0.25, -0.2) is 0 Å². The number of rotatable bonds is 6. The Morgan fingerprint density at radius 1 is 1.50 bits per heavy atom.